The van der Waals surface area contributed by atoms with Crippen molar-refractivity contribution in [3.05, 3.63) is 52.9 Å². The zero-order valence-electron chi connectivity index (χ0n) is 11.2. The lowest BCUT2D eigenvalue weighted by Gasteiger charge is -2.07. The number of aryl methyl sites for hydroxylation is 2. The van der Waals surface area contributed by atoms with E-state index >= 15 is 0 Å². The Bertz CT molecular complexity index is 654. The highest BCUT2D eigenvalue weighted by Gasteiger charge is 2.07. The van der Waals surface area contributed by atoms with Crippen molar-refractivity contribution in [2.24, 2.45) is 0 Å². The van der Waals surface area contributed by atoms with Crippen molar-refractivity contribution in [2.75, 3.05) is 0 Å². The minimum Gasteiger partial charge on any atom is -0.478 e. The number of nitrogens with zero attached hydrogens (tertiary/aromatic N) is 2. The van der Waals surface area contributed by atoms with Gasteiger partial charge in [0, 0.05) is 17.3 Å². The van der Waals surface area contributed by atoms with Gasteiger partial charge in [0.2, 0.25) is 0 Å². The van der Waals surface area contributed by atoms with Crippen LogP contribution in [0.2, 0.25) is 0 Å². The Balaban J connectivity index is 2.41. The summed E-state index contributed by atoms with van der Waals surface area (Å²) in [5.74, 6) is -0.960. The molecule has 0 aliphatic rings. The molecule has 19 heavy (non-hydrogen) atoms. The van der Waals surface area contributed by atoms with Crippen LogP contribution in [0.5, 0.6) is 0 Å². The van der Waals surface area contributed by atoms with Crippen molar-refractivity contribution in [2.45, 2.75) is 20.8 Å². The lowest BCUT2D eigenvalue weighted by Crippen LogP contribution is -1.99. The molecule has 4 nitrogen and oxygen atoms in total. The summed E-state index contributed by atoms with van der Waals surface area (Å²) in [5.41, 5.74) is 5.14. The van der Waals surface area contributed by atoms with Crippen LogP contribution in [0, 0.1) is 20.8 Å². The molecule has 0 atom stereocenters. The Hall–Kier alpha value is -2.36. The highest BCUT2D eigenvalue weighted by atomic mass is 16.4. The standard InChI is InChI=1S/C15H16N2O2/c1-10-4-6-14(8-11(10)2)17-12(3)13(9-16-17)5-7-15(18)19/h4-9H,1-3H3,(H,18,19)/b7-5+. The number of aromatic nitrogens is 2. The number of carboxylic acid groups (broad SMARTS) is 1. The lowest BCUT2D eigenvalue weighted by atomic mass is 10.1. The molecule has 0 amide bonds. The van der Waals surface area contributed by atoms with E-state index in [2.05, 4.69) is 31.1 Å². The average Bonchev–Trinajstić information content (AvgIpc) is 2.72. The van der Waals surface area contributed by atoms with Crippen molar-refractivity contribution < 1.29 is 9.90 Å². The van der Waals surface area contributed by atoms with Gasteiger partial charge >= 0.3 is 5.97 Å². The fourth-order valence-electron chi connectivity index (χ4n) is 1.86. The molecule has 1 aromatic carbocycles. The lowest BCUT2D eigenvalue weighted by molar-refractivity contribution is -0.131. The Labute approximate surface area is 112 Å². The molecule has 0 spiro atoms. The SMILES string of the molecule is Cc1ccc(-n2ncc(/C=C/C(=O)O)c2C)cc1C. The Morgan fingerprint density at radius 1 is 1.26 bits per heavy atom. The molecular weight excluding hydrogens is 240 g/mol. The van der Waals surface area contributed by atoms with E-state index in [1.165, 1.54) is 11.1 Å². The van der Waals surface area contributed by atoms with Crippen LogP contribution in [0.15, 0.2) is 30.5 Å². The Morgan fingerprint density at radius 3 is 2.63 bits per heavy atom. The summed E-state index contributed by atoms with van der Waals surface area (Å²) in [7, 11) is 0. The molecule has 0 fully saturated rings. The highest BCUT2D eigenvalue weighted by molar-refractivity contribution is 5.85. The van der Waals surface area contributed by atoms with Crippen molar-refractivity contribution in [3.8, 4) is 5.69 Å². The van der Waals surface area contributed by atoms with Crippen LogP contribution >= 0.6 is 0 Å². The van der Waals surface area contributed by atoms with Gasteiger partial charge in [-0.3, -0.25) is 0 Å². The van der Waals surface area contributed by atoms with Gasteiger partial charge in [-0.15, -0.1) is 0 Å². The van der Waals surface area contributed by atoms with Crippen molar-refractivity contribution in [1.29, 1.82) is 0 Å². The van der Waals surface area contributed by atoms with E-state index in [1.807, 2.05) is 17.7 Å². The highest BCUT2D eigenvalue weighted by Crippen LogP contribution is 2.18. The Kier molecular flexibility index (Phi) is 3.51. The van der Waals surface area contributed by atoms with Gasteiger partial charge in [0.05, 0.1) is 11.9 Å². The van der Waals surface area contributed by atoms with Gasteiger partial charge < -0.3 is 5.11 Å². The van der Waals surface area contributed by atoms with Crippen LogP contribution in [0.4, 0.5) is 0 Å². The second kappa shape index (κ2) is 5.10. The number of carbonyl (C=O) groups is 1. The largest absolute Gasteiger partial charge is 0.478 e. The minimum absolute atomic E-state index is 0.806. The first-order chi connectivity index (χ1) is 8.99. The van der Waals surface area contributed by atoms with E-state index in [1.54, 1.807) is 12.3 Å². The first kappa shape index (κ1) is 13.1. The molecule has 0 unspecified atom stereocenters. The fraction of sp³-hybridized carbons (Fsp3) is 0.200. The molecule has 0 saturated heterocycles. The molecule has 1 aromatic heterocycles. The zero-order chi connectivity index (χ0) is 14.0. The molecule has 0 aliphatic carbocycles. The summed E-state index contributed by atoms with van der Waals surface area (Å²) in [6, 6.07) is 6.13. The van der Waals surface area contributed by atoms with Crippen LogP contribution in [0.25, 0.3) is 11.8 Å². The van der Waals surface area contributed by atoms with Gasteiger partial charge in [-0.25, -0.2) is 9.48 Å². The van der Waals surface area contributed by atoms with E-state index in [-0.39, 0.29) is 0 Å². The van der Waals surface area contributed by atoms with Crippen LogP contribution in [-0.2, 0) is 4.79 Å². The monoisotopic (exact) mass is 256 g/mol. The topological polar surface area (TPSA) is 55.1 Å². The maximum absolute atomic E-state index is 10.5. The van der Waals surface area contributed by atoms with Gasteiger partial charge in [-0.2, -0.15) is 5.10 Å². The third-order valence-corrected chi connectivity index (χ3v) is 3.19. The van der Waals surface area contributed by atoms with Crippen LogP contribution < -0.4 is 0 Å². The number of benzene rings is 1. The number of aliphatic carboxylic acids is 1. The smallest absolute Gasteiger partial charge is 0.328 e. The number of rotatable bonds is 3. The molecule has 0 radical (unpaired) electrons. The van der Waals surface area contributed by atoms with Crippen molar-refractivity contribution in [3.63, 3.8) is 0 Å². The quantitative estimate of drug-likeness (QED) is 0.859. The minimum atomic E-state index is -0.960. The predicted octanol–water partition coefficient (Wildman–Crippen LogP) is 2.90. The van der Waals surface area contributed by atoms with Gasteiger partial charge in [-0.1, -0.05) is 6.07 Å². The summed E-state index contributed by atoms with van der Waals surface area (Å²) in [4.78, 5) is 10.5. The molecule has 2 rings (SSSR count). The van der Waals surface area contributed by atoms with Crippen LogP contribution in [0.3, 0.4) is 0 Å². The molecule has 0 saturated carbocycles. The molecule has 2 aromatic rings. The van der Waals surface area contributed by atoms with Gasteiger partial charge in [-0.05, 0) is 50.1 Å². The molecular formula is C15H16N2O2. The van der Waals surface area contributed by atoms with Crippen molar-refractivity contribution in [1.82, 2.24) is 9.78 Å². The summed E-state index contributed by atoms with van der Waals surface area (Å²) in [6.45, 7) is 6.04. The van der Waals surface area contributed by atoms with E-state index in [0.717, 1.165) is 23.0 Å². The number of hydrogen-bond donors (Lipinski definition) is 1. The predicted molar refractivity (Wildman–Crippen MR) is 74.4 cm³/mol. The van der Waals surface area contributed by atoms with E-state index in [9.17, 15) is 4.79 Å². The summed E-state index contributed by atoms with van der Waals surface area (Å²) in [5, 5.41) is 12.9. The number of hydrogen-bond acceptors (Lipinski definition) is 2. The van der Waals surface area contributed by atoms with Gasteiger partial charge in [0.15, 0.2) is 0 Å². The summed E-state index contributed by atoms with van der Waals surface area (Å²) in [6.07, 6.45) is 4.35. The van der Waals surface area contributed by atoms with Crippen molar-refractivity contribution >= 4 is 12.0 Å². The maximum atomic E-state index is 10.5. The van der Waals surface area contributed by atoms with Crippen LogP contribution in [0.1, 0.15) is 22.4 Å². The Morgan fingerprint density at radius 2 is 2.00 bits per heavy atom. The third-order valence-electron chi connectivity index (χ3n) is 3.19. The first-order valence-electron chi connectivity index (χ1n) is 6.02. The molecule has 4 heteroatoms. The molecule has 0 bridgehead atoms. The van der Waals surface area contributed by atoms with E-state index < -0.39 is 5.97 Å². The summed E-state index contributed by atoms with van der Waals surface area (Å²) < 4.78 is 1.81. The second-order valence-electron chi connectivity index (χ2n) is 4.54. The first-order valence-corrected chi connectivity index (χ1v) is 6.02. The summed E-state index contributed by atoms with van der Waals surface area (Å²) >= 11 is 0. The average molecular weight is 256 g/mol. The van der Waals surface area contributed by atoms with Gasteiger partial charge in [0.1, 0.15) is 0 Å². The third kappa shape index (κ3) is 2.73. The maximum Gasteiger partial charge on any atom is 0.328 e. The fourth-order valence-corrected chi connectivity index (χ4v) is 1.86. The second-order valence-corrected chi connectivity index (χ2v) is 4.54. The molecule has 98 valence electrons. The zero-order valence-corrected chi connectivity index (χ0v) is 11.2. The van der Waals surface area contributed by atoms with Gasteiger partial charge in [0.25, 0.3) is 0 Å². The van der Waals surface area contributed by atoms with E-state index in [4.69, 9.17) is 5.11 Å². The van der Waals surface area contributed by atoms with Crippen LogP contribution in [-0.4, -0.2) is 20.9 Å². The molecule has 1 N–H and O–H groups in total. The number of carboxylic acids is 1. The van der Waals surface area contributed by atoms with E-state index in [0.29, 0.717) is 0 Å². The molecule has 0 aliphatic heterocycles. The molecule has 1 heterocycles. The normalized spacial score (nSPS) is 11.1.